The van der Waals surface area contributed by atoms with Crippen molar-refractivity contribution in [2.45, 2.75) is 31.8 Å². The Bertz CT molecular complexity index is 1030. The molecule has 8 nitrogen and oxygen atoms in total. The summed E-state index contributed by atoms with van der Waals surface area (Å²) in [5, 5.41) is 14.0. The van der Waals surface area contributed by atoms with E-state index in [9.17, 15) is 9.59 Å². The predicted molar refractivity (Wildman–Crippen MR) is 125 cm³/mol. The number of rotatable bonds is 10. The fraction of sp³-hybridized carbons (Fsp3) is 0.304. The van der Waals surface area contributed by atoms with E-state index >= 15 is 0 Å². The first kappa shape index (κ1) is 23.3. The minimum absolute atomic E-state index is 0.115. The second kappa shape index (κ2) is 11.3. The maximum absolute atomic E-state index is 12.2. The van der Waals surface area contributed by atoms with Crippen molar-refractivity contribution in [3.8, 4) is 11.4 Å². The number of hydrogen-bond acceptors (Lipinski definition) is 6. The lowest BCUT2D eigenvalue weighted by molar-refractivity contribution is -0.122. The van der Waals surface area contributed by atoms with Crippen LogP contribution in [0.2, 0.25) is 0 Å². The van der Waals surface area contributed by atoms with Gasteiger partial charge in [-0.05, 0) is 54.8 Å². The number of thioether (sulfide) groups is 1. The molecular weight excluding hydrogens is 426 g/mol. The molecule has 0 aliphatic carbocycles. The van der Waals surface area contributed by atoms with Gasteiger partial charge in [0.25, 0.3) is 0 Å². The molecule has 0 bridgehead atoms. The van der Waals surface area contributed by atoms with Crippen molar-refractivity contribution in [2.24, 2.45) is 0 Å². The number of nitrogens with zero attached hydrogens (tertiary/aromatic N) is 3. The number of benzene rings is 2. The first-order chi connectivity index (χ1) is 15.5. The highest BCUT2D eigenvalue weighted by Gasteiger charge is 2.12. The lowest BCUT2D eigenvalue weighted by Crippen LogP contribution is -2.33. The standard InChI is InChI=1S/C23H27N5O3S/c1-4-31-20-11-7-18(8-12-20)26-21(29)13-24-22(30)14-32-23-27-25-15-28(23)19-9-5-17(6-10-19)16(2)3/h5-12,15-16H,4,13-14H2,1-3H3,(H,24,30)(H,26,29). The molecule has 0 radical (unpaired) electrons. The van der Waals surface area contributed by atoms with Crippen LogP contribution in [0.1, 0.15) is 32.3 Å². The fourth-order valence-electron chi connectivity index (χ4n) is 2.89. The van der Waals surface area contributed by atoms with Crippen LogP contribution in [0, 0.1) is 0 Å². The Morgan fingerprint density at radius 2 is 1.78 bits per heavy atom. The van der Waals surface area contributed by atoms with E-state index in [1.54, 1.807) is 30.6 Å². The Morgan fingerprint density at radius 3 is 2.44 bits per heavy atom. The molecule has 0 saturated heterocycles. The van der Waals surface area contributed by atoms with Gasteiger partial charge in [-0.2, -0.15) is 0 Å². The number of anilines is 1. The number of carbonyl (C=O) groups is 2. The molecule has 168 valence electrons. The summed E-state index contributed by atoms with van der Waals surface area (Å²) in [4.78, 5) is 24.3. The average Bonchev–Trinajstić information content (AvgIpc) is 3.26. The molecule has 0 atom stereocenters. The molecule has 2 amide bonds. The summed E-state index contributed by atoms with van der Waals surface area (Å²) in [6, 6.07) is 15.2. The van der Waals surface area contributed by atoms with E-state index < -0.39 is 0 Å². The summed E-state index contributed by atoms with van der Waals surface area (Å²) in [7, 11) is 0. The highest BCUT2D eigenvalue weighted by atomic mass is 32.2. The van der Waals surface area contributed by atoms with E-state index in [1.165, 1.54) is 17.3 Å². The average molecular weight is 454 g/mol. The van der Waals surface area contributed by atoms with Gasteiger partial charge in [-0.3, -0.25) is 14.2 Å². The third-order valence-electron chi connectivity index (χ3n) is 4.58. The fourth-order valence-corrected chi connectivity index (χ4v) is 3.64. The van der Waals surface area contributed by atoms with Crippen molar-refractivity contribution in [3.05, 3.63) is 60.4 Å². The molecule has 0 aliphatic heterocycles. The number of carbonyl (C=O) groups excluding carboxylic acids is 2. The van der Waals surface area contributed by atoms with Crippen LogP contribution in [0.15, 0.2) is 60.0 Å². The van der Waals surface area contributed by atoms with Crippen LogP contribution in [0.5, 0.6) is 5.75 Å². The second-order valence-corrected chi connectivity index (χ2v) is 8.24. The van der Waals surface area contributed by atoms with Gasteiger partial charge in [-0.25, -0.2) is 0 Å². The Balaban J connectivity index is 1.46. The molecule has 0 unspecified atom stereocenters. The molecule has 1 heterocycles. The van der Waals surface area contributed by atoms with Gasteiger partial charge < -0.3 is 15.4 Å². The largest absolute Gasteiger partial charge is 0.494 e. The van der Waals surface area contributed by atoms with Crippen molar-refractivity contribution in [2.75, 3.05) is 24.2 Å². The van der Waals surface area contributed by atoms with Crippen LogP contribution in [0.4, 0.5) is 5.69 Å². The third kappa shape index (κ3) is 6.58. The smallest absolute Gasteiger partial charge is 0.243 e. The maximum atomic E-state index is 12.2. The minimum atomic E-state index is -0.305. The zero-order valence-corrected chi connectivity index (χ0v) is 19.2. The van der Waals surface area contributed by atoms with Crippen LogP contribution in [0.25, 0.3) is 5.69 Å². The number of hydrogen-bond donors (Lipinski definition) is 2. The van der Waals surface area contributed by atoms with Crippen molar-refractivity contribution in [1.29, 1.82) is 0 Å². The van der Waals surface area contributed by atoms with Gasteiger partial charge in [0, 0.05) is 11.4 Å². The van der Waals surface area contributed by atoms with Crippen LogP contribution < -0.4 is 15.4 Å². The monoisotopic (exact) mass is 453 g/mol. The summed E-state index contributed by atoms with van der Waals surface area (Å²) in [6.07, 6.45) is 1.62. The quantitative estimate of drug-likeness (QED) is 0.455. The molecule has 0 spiro atoms. The van der Waals surface area contributed by atoms with Crippen molar-refractivity contribution in [3.63, 3.8) is 0 Å². The minimum Gasteiger partial charge on any atom is -0.494 e. The predicted octanol–water partition coefficient (Wildman–Crippen LogP) is 3.64. The Hall–Kier alpha value is -3.33. The normalized spacial score (nSPS) is 10.8. The van der Waals surface area contributed by atoms with Gasteiger partial charge in [0.1, 0.15) is 12.1 Å². The second-order valence-electron chi connectivity index (χ2n) is 7.30. The van der Waals surface area contributed by atoms with Gasteiger partial charge in [-0.1, -0.05) is 37.7 Å². The topological polar surface area (TPSA) is 98.1 Å². The lowest BCUT2D eigenvalue weighted by atomic mass is 10.0. The first-order valence-electron chi connectivity index (χ1n) is 10.4. The Labute approximate surface area is 191 Å². The van der Waals surface area contributed by atoms with Crippen molar-refractivity contribution in [1.82, 2.24) is 20.1 Å². The van der Waals surface area contributed by atoms with Gasteiger partial charge in [-0.15, -0.1) is 10.2 Å². The molecule has 32 heavy (non-hydrogen) atoms. The van der Waals surface area contributed by atoms with Crippen molar-refractivity contribution < 1.29 is 14.3 Å². The molecule has 2 N–H and O–H groups in total. The molecule has 3 aromatic rings. The van der Waals surface area contributed by atoms with E-state index in [2.05, 4.69) is 46.8 Å². The van der Waals surface area contributed by atoms with E-state index in [0.29, 0.717) is 23.4 Å². The highest BCUT2D eigenvalue weighted by molar-refractivity contribution is 7.99. The van der Waals surface area contributed by atoms with Crippen LogP contribution in [-0.2, 0) is 9.59 Å². The zero-order valence-electron chi connectivity index (χ0n) is 18.4. The van der Waals surface area contributed by atoms with Gasteiger partial charge in [0.15, 0.2) is 5.16 Å². The van der Waals surface area contributed by atoms with Gasteiger partial charge >= 0.3 is 0 Å². The molecule has 0 fully saturated rings. The van der Waals surface area contributed by atoms with Crippen LogP contribution in [0.3, 0.4) is 0 Å². The zero-order chi connectivity index (χ0) is 22.9. The van der Waals surface area contributed by atoms with Gasteiger partial charge in [0.05, 0.1) is 18.9 Å². The van der Waals surface area contributed by atoms with E-state index in [1.807, 2.05) is 23.6 Å². The summed E-state index contributed by atoms with van der Waals surface area (Å²) >= 11 is 1.26. The van der Waals surface area contributed by atoms with E-state index in [0.717, 1.165) is 11.4 Å². The van der Waals surface area contributed by atoms with E-state index in [4.69, 9.17) is 4.74 Å². The van der Waals surface area contributed by atoms with Crippen LogP contribution >= 0.6 is 11.8 Å². The summed E-state index contributed by atoms with van der Waals surface area (Å²) in [6.45, 7) is 6.66. The number of amides is 2. The molecule has 2 aromatic carbocycles. The highest BCUT2D eigenvalue weighted by Crippen LogP contribution is 2.21. The number of ether oxygens (including phenoxy) is 1. The van der Waals surface area contributed by atoms with Gasteiger partial charge in [0.2, 0.25) is 11.8 Å². The molecule has 1 aromatic heterocycles. The molecular formula is C23H27N5O3S. The summed E-state index contributed by atoms with van der Waals surface area (Å²) in [5.74, 6) is 0.746. The summed E-state index contributed by atoms with van der Waals surface area (Å²) < 4.78 is 7.20. The SMILES string of the molecule is CCOc1ccc(NC(=O)CNC(=O)CSc2nncn2-c2ccc(C(C)C)cc2)cc1. The third-order valence-corrected chi connectivity index (χ3v) is 5.53. The Morgan fingerprint density at radius 1 is 1.06 bits per heavy atom. The number of nitrogens with one attached hydrogen (secondary N) is 2. The molecule has 9 heteroatoms. The van der Waals surface area contributed by atoms with E-state index in [-0.39, 0.29) is 24.1 Å². The molecule has 0 aliphatic rings. The first-order valence-corrected chi connectivity index (χ1v) is 11.4. The summed E-state index contributed by atoms with van der Waals surface area (Å²) in [5.41, 5.74) is 2.81. The van der Waals surface area contributed by atoms with Crippen LogP contribution in [-0.4, -0.2) is 45.5 Å². The molecule has 3 rings (SSSR count). The maximum Gasteiger partial charge on any atom is 0.243 e. The lowest BCUT2D eigenvalue weighted by Gasteiger charge is -2.10. The Kier molecular flexibility index (Phi) is 8.27. The number of aromatic nitrogens is 3. The molecule has 0 saturated carbocycles. The van der Waals surface area contributed by atoms with Crippen molar-refractivity contribution >= 4 is 29.3 Å².